The minimum Gasteiger partial charge on any atom is -0.348 e. The second kappa shape index (κ2) is 10.1. The van der Waals surface area contributed by atoms with E-state index in [0.29, 0.717) is 24.2 Å². The highest BCUT2D eigenvalue weighted by molar-refractivity contribution is 5.95. The molecule has 1 saturated heterocycles. The maximum atomic E-state index is 12.5. The Kier molecular flexibility index (Phi) is 7.82. The van der Waals surface area contributed by atoms with Crippen LogP contribution < -0.4 is 11.1 Å². The summed E-state index contributed by atoms with van der Waals surface area (Å²) in [4.78, 5) is 26.6. The number of rotatable bonds is 5. The highest BCUT2D eigenvalue weighted by Crippen LogP contribution is 2.14. The molecule has 0 spiro atoms. The second-order valence-corrected chi connectivity index (χ2v) is 6.63. The van der Waals surface area contributed by atoms with Gasteiger partial charge in [0.1, 0.15) is 0 Å². The molecule has 1 fully saturated rings. The Morgan fingerprint density at radius 3 is 2.00 bits per heavy atom. The summed E-state index contributed by atoms with van der Waals surface area (Å²) in [7, 11) is 0. The van der Waals surface area contributed by atoms with Crippen LogP contribution in [-0.4, -0.2) is 29.8 Å². The van der Waals surface area contributed by atoms with E-state index in [4.69, 9.17) is 5.73 Å². The molecule has 1 aliphatic heterocycles. The molecular weight excluding hydrogens is 362 g/mol. The molecule has 2 amide bonds. The van der Waals surface area contributed by atoms with Crippen LogP contribution in [0.2, 0.25) is 0 Å². The highest BCUT2D eigenvalue weighted by atomic mass is 35.5. The zero-order valence-electron chi connectivity index (χ0n) is 15.3. The number of likely N-dealkylation sites (tertiary alicyclic amines) is 1. The molecule has 6 heteroatoms. The van der Waals surface area contributed by atoms with Crippen LogP contribution in [0.3, 0.4) is 0 Å². The van der Waals surface area contributed by atoms with Gasteiger partial charge in [-0.3, -0.25) is 9.59 Å². The van der Waals surface area contributed by atoms with Crippen LogP contribution in [0.25, 0.3) is 0 Å². The SMILES string of the molecule is Cl.NCc1ccc(C(=O)NCc2ccc(C(=O)N3CCCCC3)cc2)cc1. The van der Waals surface area contributed by atoms with Crippen LogP contribution in [0.5, 0.6) is 0 Å². The molecular formula is C21H26ClN3O2. The van der Waals surface area contributed by atoms with E-state index in [0.717, 1.165) is 37.1 Å². The lowest BCUT2D eigenvalue weighted by molar-refractivity contribution is 0.0724. The van der Waals surface area contributed by atoms with E-state index in [1.165, 1.54) is 6.42 Å². The zero-order chi connectivity index (χ0) is 18.4. The van der Waals surface area contributed by atoms with Crippen LogP contribution in [0.15, 0.2) is 48.5 Å². The molecule has 0 atom stereocenters. The fourth-order valence-corrected chi connectivity index (χ4v) is 3.12. The average molecular weight is 388 g/mol. The largest absolute Gasteiger partial charge is 0.348 e. The van der Waals surface area contributed by atoms with Crippen molar-refractivity contribution in [2.75, 3.05) is 13.1 Å². The molecule has 0 radical (unpaired) electrons. The first-order valence-corrected chi connectivity index (χ1v) is 9.13. The summed E-state index contributed by atoms with van der Waals surface area (Å²) in [6, 6.07) is 14.7. The minimum absolute atomic E-state index is 0. The molecule has 0 saturated carbocycles. The fraction of sp³-hybridized carbons (Fsp3) is 0.333. The fourth-order valence-electron chi connectivity index (χ4n) is 3.12. The number of nitrogens with one attached hydrogen (secondary N) is 1. The van der Waals surface area contributed by atoms with E-state index >= 15 is 0 Å². The number of carbonyl (C=O) groups is 2. The molecule has 2 aromatic rings. The number of nitrogens with two attached hydrogens (primary N) is 1. The van der Waals surface area contributed by atoms with Gasteiger partial charge in [0, 0.05) is 37.3 Å². The van der Waals surface area contributed by atoms with Crippen LogP contribution in [0, 0.1) is 0 Å². The molecule has 1 heterocycles. The maximum absolute atomic E-state index is 12.5. The number of amides is 2. The van der Waals surface area contributed by atoms with E-state index < -0.39 is 0 Å². The summed E-state index contributed by atoms with van der Waals surface area (Å²) in [5.41, 5.74) is 8.84. The predicted octanol–water partition coefficient (Wildman–Crippen LogP) is 3.12. The lowest BCUT2D eigenvalue weighted by Gasteiger charge is -2.26. The molecule has 0 aliphatic carbocycles. The third-order valence-corrected chi connectivity index (χ3v) is 4.75. The number of carbonyl (C=O) groups excluding carboxylic acids is 2. The monoisotopic (exact) mass is 387 g/mol. The maximum Gasteiger partial charge on any atom is 0.253 e. The van der Waals surface area contributed by atoms with Gasteiger partial charge in [-0.25, -0.2) is 0 Å². The summed E-state index contributed by atoms with van der Waals surface area (Å²) >= 11 is 0. The number of benzene rings is 2. The molecule has 1 aliphatic rings. The first kappa shape index (κ1) is 20.9. The van der Waals surface area contributed by atoms with Crippen LogP contribution in [0.4, 0.5) is 0 Å². The molecule has 27 heavy (non-hydrogen) atoms. The molecule has 5 nitrogen and oxygen atoms in total. The van der Waals surface area contributed by atoms with Crippen LogP contribution >= 0.6 is 12.4 Å². The molecule has 0 bridgehead atoms. The Bertz CT molecular complexity index is 754. The number of nitrogens with zero attached hydrogens (tertiary/aromatic N) is 1. The van der Waals surface area contributed by atoms with E-state index in [1.807, 2.05) is 41.3 Å². The normalized spacial score (nSPS) is 13.6. The minimum atomic E-state index is -0.123. The van der Waals surface area contributed by atoms with Crippen molar-refractivity contribution in [3.63, 3.8) is 0 Å². The average Bonchev–Trinajstić information content (AvgIpc) is 2.72. The Labute approximate surface area is 166 Å². The van der Waals surface area contributed by atoms with Crippen molar-refractivity contribution in [1.82, 2.24) is 10.2 Å². The number of halogens is 1. The van der Waals surface area contributed by atoms with Crippen LogP contribution in [0.1, 0.15) is 51.1 Å². The van der Waals surface area contributed by atoms with Crippen molar-refractivity contribution in [3.8, 4) is 0 Å². The standard InChI is InChI=1S/C21H25N3O2.ClH/c22-14-16-4-8-18(9-5-16)20(25)23-15-17-6-10-19(11-7-17)21(26)24-12-2-1-3-13-24;/h4-11H,1-3,12-15,22H2,(H,23,25);1H. The van der Waals surface area contributed by atoms with Gasteiger partial charge in [-0.15, -0.1) is 12.4 Å². The molecule has 3 N–H and O–H groups in total. The van der Waals surface area contributed by atoms with Crippen molar-refractivity contribution in [3.05, 3.63) is 70.8 Å². The van der Waals surface area contributed by atoms with E-state index in [9.17, 15) is 9.59 Å². The van der Waals surface area contributed by atoms with Gasteiger partial charge in [0.15, 0.2) is 0 Å². The smallest absolute Gasteiger partial charge is 0.253 e. The molecule has 3 rings (SSSR count). The predicted molar refractivity (Wildman–Crippen MR) is 109 cm³/mol. The van der Waals surface area contributed by atoms with Crippen molar-refractivity contribution in [1.29, 1.82) is 0 Å². The molecule has 144 valence electrons. The summed E-state index contributed by atoms with van der Waals surface area (Å²) in [6.45, 7) is 2.58. The number of hydrogen-bond acceptors (Lipinski definition) is 3. The quantitative estimate of drug-likeness (QED) is 0.827. The second-order valence-electron chi connectivity index (χ2n) is 6.63. The van der Waals surface area contributed by atoms with Crippen molar-refractivity contribution in [2.24, 2.45) is 5.73 Å². The van der Waals surface area contributed by atoms with Crippen LogP contribution in [-0.2, 0) is 13.1 Å². The van der Waals surface area contributed by atoms with Gasteiger partial charge >= 0.3 is 0 Å². The third-order valence-electron chi connectivity index (χ3n) is 4.75. The van der Waals surface area contributed by atoms with Crippen molar-refractivity contribution >= 4 is 24.2 Å². The topological polar surface area (TPSA) is 75.4 Å². The summed E-state index contributed by atoms with van der Waals surface area (Å²) in [5.74, 6) is -0.0256. The summed E-state index contributed by atoms with van der Waals surface area (Å²) in [6.07, 6.45) is 3.38. The lowest BCUT2D eigenvalue weighted by atomic mass is 10.1. The molecule has 0 aromatic heterocycles. The van der Waals surface area contributed by atoms with E-state index in [-0.39, 0.29) is 24.2 Å². The summed E-state index contributed by atoms with van der Waals surface area (Å²) < 4.78 is 0. The van der Waals surface area contributed by atoms with Crippen molar-refractivity contribution < 1.29 is 9.59 Å². The van der Waals surface area contributed by atoms with Gasteiger partial charge in [-0.2, -0.15) is 0 Å². The number of hydrogen-bond donors (Lipinski definition) is 2. The molecule has 0 unspecified atom stereocenters. The third kappa shape index (κ3) is 5.55. The Morgan fingerprint density at radius 2 is 1.41 bits per heavy atom. The van der Waals surface area contributed by atoms with E-state index in [1.54, 1.807) is 12.1 Å². The summed E-state index contributed by atoms with van der Waals surface area (Å²) in [5, 5.41) is 2.90. The van der Waals surface area contributed by atoms with Crippen molar-refractivity contribution in [2.45, 2.75) is 32.4 Å². The Hall–Kier alpha value is -2.37. The van der Waals surface area contributed by atoms with Gasteiger partial charge < -0.3 is 16.0 Å². The van der Waals surface area contributed by atoms with E-state index in [2.05, 4.69) is 5.32 Å². The Morgan fingerprint density at radius 1 is 0.852 bits per heavy atom. The Balaban J connectivity index is 0.00000261. The zero-order valence-corrected chi connectivity index (χ0v) is 16.1. The molecule has 2 aromatic carbocycles. The van der Waals surface area contributed by atoms with Gasteiger partial charge in [-0.1, -0.05) is 24.3 Å². The van der Waals surface area contributed by atoms with Gasteiger partial charge in [0.25, 0.3) is 11.8 Å². The van der Waals surface area contributed by atoms with Gasteiger partial charge in [0.05, 0.1) is 0 Å². The van der Waals surface area contributed by atoms with Gasteiger partial charge in [-0.05, 0) is 54.7 Å². The highest BCUT2D eigenvalue weighted by Gasteiger charge is 2.17. The number of piperidine rings is 1. The first-order chi connectivity index (χ1) is 12.7. The lowest BCUT2D eigenvalue weighted by Crippen LogP contribution is -2.35. The first-order valence-electron chi connectivity index (χ1n) is 9.13. The van der Waals surface area contributed by atoms with Gasteiger partial charge in [0.2, 0.25) is 0 Å².